The van der Waals surface area contributed by atoms with Crippen molar-refractivity contribution in [2.24, 2.45) is 0 Å². The molecule has 0 aliphatic carbocycles. The highest BCUT2D eigenvalue weighted by Crippen LogP contribution is 2.27. The van der Waals surface area contributed by atoms with Gasteiger partial charge in [-0.2, -0.15) is 11.3 Å². The number of benzene rings is 1. The van der Waals surface area contributed by atoms with Crippen LogP contribution < -0.4 is 4.74 Å². The quantitative estimate of drug-likeness (QED) is 0.759. The molecule has 0 bridgehead atoms. The van der Waals surface area contributed by atoms with E-state index >= 15 is 0 Å². The maximum atomic E-state index is 5.22. The molecule has 2 aromatic rings. The van der Waals surface area contributed by atoms with Crippen LogP contribution in [-0.4, -0.2) is 7.11 Å². The average molecular weight is 218 g/mol. The van der Waals surface area contributed by atoms with E-state index in [2.05, 4.69) is 35.9 Å². The monoisotopic (exact) mass is 218 g/mol. The van der Waals surface area contributed by atoms with Crippen LogP contribution in [0.5, 0.6) is 5.75 Å². The first kappa shape index (κ1) is 10.2. The average Bonchev–Trinajstić information content (AvgIpc) is 2.81. The van der Waals surface area contributed by atoms with Crippen molar-refractivity contribution in [1.29, 1.82) is 0 Å². The maximum absolute atomic E-state index is 5.22. The number of ether oxygens (including phenoxy) is 1. The molecule has 0 fully saturated rings. The van der Waals surface area contributed by atoms with Crippen molar-refractivity contribution in [3.63, 3.8) is 0 Å². The minimum atomic E-state index is 0.436. The van der Waals surface area contributed by atoms with Crippen LogP contribution in [-0.2, 0) is 0 Å². The van der Waals surface area contributed by atoms with Gasteiger partial charge in [0.1, 0.15) is 5.75 Å². The Bertz CT molecular complexity index is 420. The summed E-state index contributed by atoms with van der Waals surface area (Å²) in [6.07, 6.45) is 0. The Morgan fingerprint density at radius 1 is 1.20 bits per heavy atom. The highest BCUT2D eigenvalue weighted by atomic mass is 32.1. The van der Waals surface area contributed by atoms with E-state index in [1.165, 1.54) is 11.1 Å². The van der Waals surface area contributed by atoms with Crippen LogP contribution in [0.2, 0.25) is 0 Å². The molecule has 0 saturated heterocycles. The summed E-state index contributed by atoms with van der Waals surface area (Å²) in [6.45, 7) is 2.22. The van der Waals surface area contributed by atoms with Crippen molar-refractivity contribution >= 4 is 11.3 Å². The summed E-state index contributed by atoms with van der Waals surface area (Å²) < 4.78 is 5.22. The molecule has 2 heteroatoms. The van der Waals surface area contributed by atoms with Gasteiger partial charge in [-0.15, -0.1) is 0 Å². The third-order valence-electron chi connectivity index (χ3n) is 2.64. The zero-order chi connectivity index (χ0) is 10.7. The minimum Gasteiger partial charge on any atom is -0.497 e. The smallest absolute Gasteiger partial charge is 0.119 e. The molecule has 0 radical (unpaired) electrons. The summed E-state index contributed by atoms with van der Waals surface area (Å²) in [7, 11) is 1.70. The van der Waals surface area contributed by atoms with E-state index in [0.29, 0.717) is 5.92 Å². The van der Waals surface area contributed by atoms with Gasteiger partial charge in [-0.25, -0.2) is 0 Å². The van der Waals surface area contributed by atoms with Crippen LogP contribution in [0.15, 0.2) is 41.1 Å². The molecule has 0 aliphatic heterocycles. The number of rotatable bonds is 3. The molecule has 0 amide bonds. The largest absolute Gasteiger partial charge is 0.497 e. The molecular formula is C13H14OS. The van der Waals surface area contributed by atoms with Gasteiger partial charge >= 0.3 is 0 Å². The molecule has 1 aromatic heterocycles. The predicted molar refractivity (Wildman–Crippen MR) is 64.8 cm³/mol. The van der Waals surface area contributed by atoms with Crippen LogP contribution in [0.3, 0.4) is 0 Å². The molecular weight excluding hydrogens is 204 g/mol. The number of hydrogen-bond donors (Lipinski definition) is 0. The van der Waals surface area contributed by atoms with E-state index in [4.69, 9.17) is 4.74 Å². The van der Waals surface area contributed by atoms with E-state index in [0.717, 1.165) is 5.75 Å². The van der Waals surface area contributed by atoms with E-state index in [-0.39, 0.29) is 0 Å². The first-order valence-electron chi connectivity index (χ1n) is 4.97. The number of methoxy groups -OCH3 is 1. The standard InChI is InChI=1S/C13H14OS/c1-10(12-6-7-15-9-12)11-4-3-5-13(8-11)14-2/h3-10H,1-2H3/t10-/m1/s1. The maximum Gasteiger partial charge on any atom is 0.119 e. The first-order chi connectivity index (χ1) is 7.31. The third kappa shape index (κ3) is 2.21. The molecule has 0 aliphatic rings. The number of hydrogen-bond acceptors (Lipinski definition) is 2. The summed E-state index contributed by atoms with van der Waals surface area (Å²) in [4.78, 5) is 0. The zero-order valence-electron chi connectivity index (χ0n) is 8.94. The zero-order valence-corrected chi connectivity index (χ0v) is 9.75. The van der Waals surface area contributed by atoms with Gasteiger partial charge in [-0.05, 0) is 40.1 Å². The Morgan fingerprint density at radius 3 is 2.73 bits per heavy atom. The minimum absolute atomic E-state index is 0.436. The molecule has 78 valence electrons. The first-order valence-corrected chi connectivity index (χ1v) is 5.91. The van der Waals surface area contributed by atoms with Crippen molar-refractivity contribution < 1.29 is 4.74 Å². The van der Waals surface area contributed by atoms with Crippen LogP contribution in [0.4, 0.5) is 0 Å². The van der Waals surface area contributed by atoms with Crippen LogP contribution >= 0.6 is 11.3 Å². The second-order valence-electron chi connectivity index (χ2n) is 3.55. The van der Waals surface area contributed by atoms with Crippen LogP contribution in [0.25, 0.3) is 0 Å². The molecule has 0 unspecified atom stereocenters. The summed E-state index contributed by atoms with van der Waals surface area (Å²) in [5, 5.41) is 4.32. The molecule has 2 rings (SSSR count). The molecule has 1 aromatic carbocycles. The Kier molecular flexibility index (Phi) is 3.07. The molecule has 1 atom stereocenters. The Labute approximate surface area is 94.3 Å². The lowest BCUT2D eigenvalue weighted by molar-refractivity contribution is 0.414. The second-order valence-corrected chi connectivity index (χ2v) is 4.34. The lowest BCUT2D eigenvalue weighted by Crippen LogP contribution is -1.94. The van der Waals surface area contributed by atoms with Crippen LogP contribution in [0.1, 0.15) is 24.0 Å². The van der Waals surface area contributed by atoms with E-state index < -0.39 is 0 Å². The summed E-state index contributed by atoms with van der Waals surface area (Å²) in [5.74, 6) is 1.36. The van der Waals surface area contributed by atoms with Gasteiger partial charge in [0.15, 0.2) is 0 Å². The highest BCUT2D eigenvalue weighted by molar-refractivity contribution is 7.08. The highest BCUT2D eigenvalue weighted by Gasteiger charge is 2.08. The molecule has 0 N–H and O–H groups in total. The topological polar surface area (TPSA) is 9.23 Å². The Balaban J connectivity index is 2.29. The molecule has 15 heavy (non-hydrogen) atoms. The van der Waals surface area contributed by atoms with Crippen molar-refractivity contribution in [2.75, 3.05) is 7.11 Å². The van der Waals surface area contributed by atoms with Gasteiger partial charge < -0.3 is 4.74 Å². The summed E-state index contributed by atoms with van der Waals surface area (Å²) in [5.41, 5.74) is 2.67. The van der Waals surface area contributed by atoms with E-state index in [1.54, 1.807) is 18.4 Å². The molecule has 1 heterocycles. The van der Waals surface area contributed by atoms with Gasteiger partial charge in [0, 0.05) is 5.92 Å². The molecule has 0 saturated carbocycles. The van der Waals surface area contributed by atoms with Gasteiger partial charge in [0.2, 0.25) is 0 Å². The fourth-order valence-electron chi connectivity index (χ4n) is 1.62. The predicted octanol–water partition coefficient (Wildman–Crippen LogP) is 3.91. The van der Waals surface area contributed by atoms with Crippen LogP contribution in [0, 0.1) is 0 Å². The van der Waals surface area contributed by atoms with E-state index in [1.807, 2.05) is 12.1 Å². The number of thiophene rings is 1. The fraction of sp³-hybridized carbons (Fsp3) is 0.231. The summed E-state index contributed by atoms with van der Waals surface area (Å²) in [6, 6.07) is 10.4. The van der Waals surface area contributed by atoms with Gasteiger partial charge in [0.05, 0.1) is 7.11 Å². The SMILES string of the molecule is COc1cccc([C@@H](C)c2ccsc2)c1. The Morgan fingerprint density at radius 2 is 2.07 bits per heavy atom. The van der Waals surface area contributed by atoms with Gasteiger partial charge in [-0.3, -0.25) is 0 Å². The normalized spacial score (nSPS) is 12.4. The fourth-order valence-corrected chi connectivity index (χ4v) is 2.38. The lowest BCUT2D eigenvalue weighted by Gasteiger charge is -2.11. The van der Waals surface area contributed by atoms with Crippen molar-refractivity contribution in [3.05, 3.63) is 52.2 Å². The third-order valence-corrected chi connectivity index (χ3v) is 3.34. The molecule has 1 nitrogen and oxygen atoms in total. The van der Waals surface area contributed by atoms with Gasteiger partial charge in [-0.1, -0.05) is 19.1 Å². The van der Waals surface area contributed by atoms with E-state index in [9.17, 15) is 0 Å². The summed E-state index contributed by atoms with van der Waals surface area (Å²) >= 11 is 1.74. The molecule has 0 spiro atoms. The van der Waals surface area contributed by atoms with Crippen molar-refractivity contribution in [3.8, 4) is 5.75 Å². The van der Waals surface area contributed by atoms with Crippen molar-refractivity contribution in [2.45, 2.75) is 12.8 Å². The lowest BCUT2D eigenvalue weighted by atomic mass is 9.95. The van der Waals surface area contributed by atoms with Gasteiger partial charge in [0.25, 0.3) is 0 Å². The second kappa shape index (κ2) is 4.49. The van der Waals surface area contributed by atoms with Crippen molar-refractivity contribution in [1.82, 2.24) is 0 Å². The Hall–Kier alpha value is -1.28.